The summed E-state index contributed by atoms with van der Waals surface area (Å²) in [6, 6.07) is 0. The summed E-state index contributed by atoms with van der Waals surface area (Å²) in [7, 11) is 0. The number of hydrogen-bond acceptors (Lipinski definition) is 2. The van der Waals surface area contributed by atoms with Crippen molar-refractivity contribution in [2.45, 2.75) is 13.2 Å². The molecule has 0 aromatic carbocycles. The highest BCUT2D eigenvalue weighted by molar-refractivity contribution is 4.48. The van der Waals surface area contributed by atoms with Crippen LogP contribution in [0.1, 0.15) is 6.92 Å². The topological polar surface area (TPSA) is 32.3 Å². The van der Waals surface area contributed by atoms with E-state index in [-0.39, 0.29) is 0 Å². The second-order valence-corrected chi connectivity index (χ2v) is 1.07. The Bertz CT molecular complexity index is 28.7. The van der Waals surface area contributed by atoms with Gasteiger partial charge in [0.25, 0.3) is 0 Å². The third-order valence-electron chi connectivity index (χ3n) is 0.440. The predicted octanol–water partition coefficient (Wildman–Crippen LogP) is -0.252. The van der Waals surface area contributed by atoms with Crippen LogP contribution in [0.2, 0.25) is 0 Å². The van der Waals surface area contributed by atoms with Crippen molar-refractivity contribution < 1.29 is 5.11 Å². The number of aliphatic hydroxyl groups is 1. The minimum Gasteiger partial charge on any atom is -0.379 e. The Hall–Kier alpha value is -0.0800. The molecule has 0 spiro atoms. The third-order valence-corrected chi connectivity index (χ3v) is 0.440. The summed E-state index contributed by atoms with van der Waals surface area (Å²) in [5, 5.41) is 11.0. The van der Waals surface area contributed by atoms with Crippen molar-refractivity contribution in [2.75, 3.05) is 6.54 Å². The van der Waals surface area contributed by atoms with Gasteiger partial charge in [-0.3, -0.25) is 5.32 Å². The van der Waals surface area contributed by atoms with Gasteiger partial charge in [-0.25, -0.2) is 0 Å². The molecule has 0 saturated carbocycles. The largest absolute Gasteiger partial charge is 0.379 e. The molecular weight excluding hydrogens is 78.0 g/mol. The van der Waals surface area contributed by atoms with Crippen molar-refractivity contribution in [1.29, 1.82) is 0 Å². The predicted molar refractivity (Wildman–Crippen MR) is 25.0 cm³/mol. The second-order valence-electron chi connectivity index (χ2n) is 1.07. The molecule has 0 amide bonds. The Morgan fingerprint density at radius 1 is 2.00 bits per heavy atom. The first kappa shape index (κ1) is 5.92. The van der Waals surface area contributed by atoms with Gasteiger partial charge >= 0.3 is 0 Å². The van der Waals surface area contributed by atoms with Crippen molar-refractivity contribution in [3.05, 3.63) is 6.92 Å². The van der Waals surface area contributed by atoms with E-state index in [1.165, 1.54) is 0 Å². The molecule has 0 heterocycles. The SMILES string of the molecule is [CH2][C@H](O)NCC. The molecule has 0 unspecified atom stereocenters. The van der Waals surface area contributed by atoms with E-state index in [1.807, 2.05) is 6.92 Å². The van der Waals surface area contributed by atoms with Crippen LogP contribution in [-0.2, 0) is 0 Å². The number of aliphatic hydroxyl groups excluding tert-OH is 1. The van der Waals surface area contributed by atoms with E-state index < -0.39 is 6.23 Å². The first-order valence-corrected chi connectivity index (χ1v) is 2.02. The van der Waals surface area contributed by atoms with Crippen LogP contribution in [0.25, 0.3) is 0 Å². The smallest absolute Gasteiger partial charge is 0.105 e. The molecule has 0 aliphatic carbocycles. The summed E-state index contributed by atoms with van der Waals surface area (Å²) in [5.41, 5.74) is 0. The molecule has 0 aromatic rings. The molecular formula is C4H10NO. The fourth-order valence-corrected chi connectivity index (χ4v) is 0.236. The van der Waals surface area contributed by atoms with Gasteiger partial charge in [-0.05, 0) is 13.5 Å². The lowest BCUT2D eigenvalue weighted by molar-refractivity contribution is 0.185. The van der Waals surface area contributed by atoms with Crippen molar-refractivity contribution in [2.24, 2.45) is 0 Å². The summed E-state index contributed by atoms with van der Waals surface area (Å²) in [6.07, 6.45) is -0.602. The van der Waals surface area contributed by atoms with Gasteiger partial charge in [-0.1, -0.05) is 6.92 Å². The average molecular weight is 88.1 g/mol. The van der Waals surface area contributed by atoms with Crippen LogP contribution >= 0.6 is 0 Å². The average Bonchev–Trinajstić information content (AvgIpc) is 1.35. The number of rotatable bonds is 2. The highest BCUT2D eigenvalue weighted by Crippen LogP contribution is 1.64. The van der Waals surface area contributed by atoms with Crippen LogP contribution < -0.4 is 5.32 Å². The zero-order valence-corrected chi connectivity index (χ0v) is 3.94. The lowest BCUT2D eigenvalue weighted by Crippen LogP contribution is -2.24. The standard InChI is InChI=1S/C4H10NO/c1-3-5-4(2)6/h4-6H,2-3H2,1H3/t4-/m0/s1. The minimum absolute atomic E-state index is 0.602. The van der Waals surface area contributed by atoms with Crippen LogP contribution in [-0.4, -0.2) is 17.9 Å². The lowest BCUT2D eigenvalue weighted by atomic mass is 10.6. The molecule has 1 radical (unpaired) electrons. The van der Waals surface area contributed by atoms with E-state index in [1.54, 1.807) is 0 Å². The van der Waals surface area contributed by atoms with Gasteiger partial charge in [0.1, 0.15) is 6.23 Å². The van der Waals surface area contributed by atoms with Crippen LogP contribution in [0.5, 0.6) is 0 Å². The van der Waals surface area contributed by atoms with Crippen molar-refractivity contribution in [3.63, 3.8) is 0 Å². The molecule has 6 heavy (non-hydrogen) atoms. The van der Waals surface area contributed by atoms with Gasteiger partial charge in [0.15, 0.2) is 0 Å². The highest BCUT2D eigenvalue weighted by Gasteiger charge is 1.84. The van der Waals surface area contributed by atoms with E-state index >= 15 is 0 Å². The van der Waals surface area contributed by atoms with Crippen molar-refractivity contribution >= 4 is 0 Å². The van der Waals surface area contributed by atoms with Gasteiger partial charge in [0.2, 0.25) is 0 Å². The number of nitrogens with one attached hydrogen (secondary N) is 1. The molecule has 0 saturated heterocycles. The Morgan fingerprint density at radius 2 is 2.50 bits per heavy atom. The monoisotopic (exact) mass is 88.1 g/mol. The maximum absolute atomic E-state index is 8.33. The van der Waals surface area contributed by atoms with Crippen LogP contribution in [0, 0.1) is 6.92 Å². The maximum Gasteiger partial charge on any atom is 0.105 e. The molecule has 0 aromatic heterocycles. The van der Waals surface area contributed by atoms with Gasteiger partial charge in [-0.2, -0.15) is 0 Å². The maximum atomic E-state index is 8.33. The molecule has 0 rings (SSSR count). The second kappa shape index (κ2) is 3.12. The quantitative estimate of drug-likeness (QED) is 0.456. The summed E-state index contributed by atoms with van der Waals surface area (Å²) in [4.78, 5) is 0. The summed E-state index contributed by atoms with van der Waals surface area (Å²) < 4.78 is 0. The molecule has 1 atom stereocenters. The molecule has 37 valence electrons. The van der Waals surface area contributed by atoms with E-state index in [4.69, 9.17) is 5.11 Å². The Labute approximate surface area is 38.2 Å². The van der Waals surface area contributed by atoms with Crippen LogP contribution in [0.3, 0.4) is 0 Å². The van der Waals surface area contributed by atoms with Gasteiger partial charge in [-0.15, -0.1) is 0 Å². The van der Waals surface area contributed by atoms with E-state index in [2.05, 4.69) is 12.2 Å². The Morgan fingerprint density at radius 3 is 2.50 bits per heavy atom. The van der Waals surface area contributed by atoms with E-state index in [0.29, 0.717) is 0 Å². The normalized spacial score (nSPS) is 14.5. The summed E-state index contributed by atoms with van der Waals surface area (Å²) in [5.74, 6) is 0. The Kier molecular flexibility index (Phi) is 3.08. The van der Waals surface area contributed by atoms with E-state index in [9.17, 15) is 0 Å². The minimum atomic E-state index is -0.602. The van der Waals surface area contributed by atoms with Crippen molar-refractivity contribution in [1.82, 2.24) is 5.32 Å². The van der Waals surface area contributed by atoms with Gasteiger partial charge in [0, 0.05) is 0 Å². The molecule has 2 heteroatoms. The molecule has 2 nitrogen and oxygen atoms in total. The first-order chi connectivity index (χ1) is 2.77. The lowest BCUT2D eigenvalue weighted by Gasteiger charge is -1.99. The van der Waals surface area contributed by atoms with Crippen molar-refractivity contribution in [3.8, 4) is 0 Å². The zero-order valence-electron chi connectivity index (χ0n) is 3.94. The fourth-order valence-electron chi connectivity index (χ4n) is 0.236. The molecule has 0 aliphatic rings. The molecule has 0 fully saturated rings. The van der Waals surface area contributed by atoms with E-state index in [0.717, 1.165) is 6.54 Å². The fraction of sp³-hybridized carbons (Fsp3) is 0.750. The zero-order chi connectivity index (χ0) is 4.99. The third kappa shape index (κ3) is 3.92. The summed E-state index contributed by atoms with van der Waals surface area (Å²) >= 11 is 0. The van der Waals surface area contributed by atoms with Crippen LogP contribution in [0.4, 0.5) is 0 Å². The molecule has 2 N–H and O–H groups in total. The van der Waals surface area contributed by atoms with Gasteiger partial charge in [0.05, 0.1) is 0 Å². The summed E-state index contributed by atoms with van der Waals surface area (Å²) in [6.45, 7) is 5.95. The Balaban J connectivity index is 2.63. The van der Waals surface area contributed by atoms with Crippen LogP contribution in [0.15, 0.2) is 0 Å². The highest BCUT2D eigenvalue weighted by atomic mass is 16.3. The van der Waals surface area contributed by atoms with Gasteiger partial charge < -0.3 is 5.11 Å². The molecule has 0 bridgehead atoms. The first-order valence-electron chi connectivity index (χ1n) is 2.02. The molecule has 0 aliphatic heterocycles. The number of hydrogen-bond donors (Lipinski definition) is 2.